The van der Waals surface area contributed by atoms with Gasteiger partial charge in [-0.2, -0.15) is 0 Å². The van der Waals surface area contributed by atoms with E-state index in [4.69, 9.17) is 11.5 Å². The predicted octanol–water partition coefficient (Wildman–Crippen LogP) is 1.31. The Balaban J connectivity index is 2.32. The largest absolute Gasteiger partial charge is 0.398 e. The maximum Gasteiger partial charge on any atom is 0.248 e. The third-order valence-corrected chi connectivity index (χ3v) is 3.01. The molecule has 17 heavy (non-hydrogen) atoms. The quantitative estimate of drug-likeness (QED) is 0.629. The predicted molar refractivity (Wildman–Crippen MR) is 65.5 cm³/mol. The fourth-order valence-corrected chi connectivity index (χ4v) is 2.01. The third-order valence-electron chi connectivity index (χ3n) is 2.04. The molecule has 1 amide bonds. The number of primary amides is 1. The first-order valence-corrected chi connectivity index (χ1v) is 5.62. The Morgan fingerprint density at radius 1 is 1.24 bits per heavy atom. The smallest absolute Gasteiger partial charge is 0.248 e. The summed E-state index contributed by atoms with van der Waals surface area (Å²) >= 11 is 1.29. The molecule has 1 aromatic heterocycles. The molecule has 0 unspecified atom stereocenters. The molecule has 0 saturated heterocycles. The molecule has 86 valence electrons. The van der Waals surface area contributed by atoms with E-state index in [1.165, 1.54) is 11.8 Å². The zero-order valence-electron chi connectivity index (χ0n) is 8.83. The maximum atomic E-state index is 11.1. The number of nitrogens with two attached hydrogens (primary N) is 2. The van der Waals surface area contributed by atoms with Gasteiger partial charge in [0.25, 0.3) is 0 Å². The highest BCUT2D eigenvalue weighted by molar-refractivity contribution is 7.99. The standard InChI is InChI=1S/C11H10N4OS/c12-8-3-2-7(10(13)16)6-9(8)17-11-14-4-1-5-15-11/h1-6H,12H2,(H2,13,16). The Labute approximate surface area is 102 Å². The summed E-state index contributed by atoms with van der Waals surface area (Å²) in [6.07, 6.45) is 3.28. The average molecular weight is 246 g/mol. The third kappa shape index (κ3) is 2.73. The second kappa shape index (κ2) is 4.84. The van der Waals surface area contributed by atoms with Crippen molar-refractivity contribution in [1.29, 1.82) is 0 Å². The van der Waals surface area contributed by atoms with Gasteiger partial charge in [0.1, 0.15) is 0 Å². The van der Waals surface area contributed by atoms with E-state index in [1.807, 2.05) is 0 Å². The summed E-state index contributed by atoms with van der Waals surface area (Å²) in [6.45, 7) is 0. The fourth-order valence-electron chi connectivity index (χ4n) is 1.21. The number of hydrogen-bond acceptors (Lipinski definition) is 5. The van der Waals surface area contributed by atoms with Crippen LogP contribution in [0.3, 0.4) is 0 Å². The Hall–Kier alpha value is -2.08. The second-order valence-corrected chi connectivity index (χ2v) is 4.26. The van der Waals surface area contributed by atoms with Crippen molar-refractivity contribution in [2.75, 3.05) is 5.73 Å². The minimum Gasteiger partial charge on any atom is -0.398 e. The van der Waals surface area contributed by atoms with Crippen LogP contribution in [0.1, 0.15) is 10.4 Å². The molecule has 0 saturated carbocycles. The monoisotopic (exact) mass is 246 g/mol. The van der Waals surface area contributed by atoms with Crippen LogP contribution in [0.4, 0.5) is 5.69 Å². The molecule has 0 aliphatic carbocycles. The lowest BCUT2D eigenvalue weighted by atomic mass is 10.2. The number of rotatable bonds is 3. The Kier molecular flexibility index (Phi) is 3.24. The van der Waals surface area contributed by atoms with Crippen LogP contribution >= 0.6 is 11.8 Å². The molecule has 4 N–H and O–H groups in total. The molecule has 5 nitrogen and oxygen atoms in total. The first kappa shape index (κ1) is 11.4. The van der Waals surface area contributed by atoms with Gasteiger partial charge >= 0.3 is 0 Å². The van der Waals surface area contributed by atoms with Gasteiger partial charge in [0.2, 0.25) is 5.91 Å². The number of nitrogen functional groups attached to an aromatic ring is 1. The number of anilines is 1. The minimum absolute atomic E-state index is 0.414. The molecule has 1 aromatic carbocycles. The average Bonchev–Trinajstić information content (AvgIpc) is 2.33. The summed E-state index contributed by atoms with van der Waals surface area (Å²) < 4.78 is 0. The number of nitrogens with zero attached hydrogens (tertiary/aromatic N) is 2. The molecule has 0 aliphatic rings. The molecular weight excluding hydrogens is 236 g/mol. The maximum absolute atomic E-state index is 11.1. The summed E-state index contributed by atoms with van der Waals surface area (Å²) in [4.78, 5) is 19.9. The Bertz CT molecular complexity index is 544. The SMILES string of the molecule is NC(=O)c1ccc(N)c(Sc2ncccn2)c1. The summed E-state index contributed by atoms with van der Waals surface area (Å²) in [5, 5.41) is 0.570. The highest BCUT2D eigenvalue weighted by atomic mass is 32.2. The minimum atomic E-state index is -0.485. The number of aromatic nitrogens is 2. The van der Waals surface area contributed by atoms with E-state index >= 15 is 0 Å². The van der Waals surface area contributed by atoms with E-state index in [2.05, 4.69) is 9.97 Å². The molecule has 0 aliphatic heterocycles. The van der Waals surface area contributed by atoms with Gasteiger partial charge < -0.3 is 11.5 Å². The zero-order chi connectivity index (χ0) is 12.3. The lowest BCUT2D eigenvalue weighted by molar-refractivity contribution is 0.1000. The first-order chi connectivity index (χ1) is 8.16. The summed E-state index contributed by atoms with van der Waals surface area (Å²) in [7, 11) is 0. The molecule has 0 spiro atoms. The van der Waals surface area contributed by atoms with E-state index in [-0.39, 0.29) is 0 Å². The molecule has 0 bridgehead atoms. The Morgan fingerprint density at radius 3 is 2.59 bits per heavy atom. The van der Waals surface area contributed by atoms with Gasteiger partial charge in [-0.1, -0.05) is 0 Å². The number of carbonyl (C=O) groups is 1. The number of hydrogen-bond donors (Lipinski definition) is 2. The molecule has 6 heteroatoms. The van der Waals surface area contributed by atoms with Crippen molar-refractivity contribution in [3.05, 3.63) is 42.2 Å². The van der Waals surface area contributed by atoms with Crippen LogP contribution in [-0.2, 0) is 0 Å². The van der Waals surface area contributed by atoms with Crippen molar-refractivity contribution in [2.45, 2.75) is 10.1 Å². The Morgan fingerprint density at radius 2 is 1.94 bits per heavy atom. The van der Waals surface area contributed by atoms with Crippen molar-refractivity contribution in [1.82, 2.24) is 9.97 Å². The lowest BCUT2D eigenvalue weighted by Crippen LogP contribution is -2.11. The van der Waals surface area contributed by atoms with Gasteiger partial charge in [-0.25, -0.2) is 9.97 Å². The zero-order valence-corrected chi connectivity index (χ0v) is 9.65. The van der Waals surface area contributed by atoms with Crippen molar-refractivity contribution < 1.29 is 4.79 Å². The van der Waals surface area contributed by atoms with Crippen molar-refractivity contribution in [2.24, 2.45) is 5.73 Å². The lowest BCUT2D eigenvalue weighted by Gasteiger charge is -2.05. The molecule has 1 heterocycles. The highest BCUT2D eigenvalue weighted by Crippen LogP contribution is 2.30. The van der Waals surface area contributed by atoms with E-state index in [9.17, 15) is 4.79 Å². The van der Waals surface area contributed by atoms with Crippen molar-refractivity contribution >= 4 is 23.4 Å². The highest BCUT2D eigenvalue weighted by Gasteiger charge is 2.07. The van der Waals surface area contributed by atoms with Crippen LogP contribution in [0.25, 0.3) is 0 Å². The number of benzene rings is 1. The van der Waals surface area contributed by atoms with Crippen LogP contribution in [0.2, 0.25) is 0 Å². The van der Waals surface area contributed by atoms with E-state index in [0.717, 1.165) is 0 Å². The van der Waals surface area contributed by atoms with Crippen LogP contribution in [0, 0.1) is 0 Å². The number of carbonyl (C=O) groups excluding carboxylic acids is 1. The van der Waals surface area contributed by atoms with E-state index < -0.39 is 5.91 Å². The van der Waals surface area contributed by atoms with Gasteiger partial charge in [-0.3, -0.25) is 4.79 Å². The fraction of sp³-hybridized carbons (Fsp3) is 0. The van der Waals surface area contributed by atoms with Crippen LogP contribution < -0.4 is 11.5 Å². The topological polar surface area (TPSA) is 94.9 Å². The van der Waals surface area contributed by atoms with Gasteiger partial charge in [-0.05, 0) is 36.0 Å². The van der Waals surface area contributed by atoms with Gasteiger partial charge in [-0.15, -0.1) is 0 Å². The van der Waals surface area contributed by atoms with Crippen LogP contribution in [-0.4, -0.2) is 15.9 Å². The molecule has 0 fully saturated rings. The van der Waals surface area contributed by atoms with Gasteiger partial charge in [0, 0.05) is 28.5 Å². The second-order valence-electron chi connectivity index (χ2n) is 3.25. The summed E-state index contributed by atoms with van der Waals surface area (Å²) in [5.74, 6) is -0.485. The molecule has 0 radical (unpaired) electrons. The van der Waals surface area contributed by atoms with Gasteiger partial charge in [0.05, 0.1) is 0 Å². The summed E-state index contributed by atoms with van der Waals surface area (Å²) in [5.41, 5.74) is 12.0. The van der Waals surface area contributed by atoms with Crippen molar-refractivity contribution in [3.63, 3.8) is 0 Å². The first-order valence-electron chi connectivity index (χ1n) is 4.81. The molecular formula is C11H10N4OS. The van der Waals surface area contributed by atoms with Crippen LogP contribution in [0.15, 0.2) is 46.7 Å². The van der Waals surface area contributed by atoms with Gasteiger partial charge in [0.15, 0.2) is 5.16 Å². The molecule has 0 atom stereocenters. The molecule has 2 rings (SSSR count). The number of amides is 1. The molecule has 2 aromatic rings. The van der Waals surface area contributed by atoms with E-state index in [1.54, 1.807) is 36.7 Å². The summed E-state index contributed by atoms with van der Waals surface area (Å²) in [6, 6.07) is 6.60. The normalized spacial score (nSPS) is 10.1. The van der Waals surface area contributed by atoms with E-state index in [0.29, 0.717) is 21.3 Å². The van der Waals surface area contributed by atoms with Crippen LogP contribution in [0.5, 0.6) is 0 Å². The van der Waals surface area contributed by atoms with Crippen molar-refractivity contribution in [3.8, 4) is 0 Å².